The highest BCUT2D eigenvalue weighted by Crippen LogP contribution is 2.33. The molecule has 5 heteroatoms. The summed E-state index contributed by atoms with van der Waals surface area (Å²) in [5, 5.41) is 3.02. The molecule has 0 atom stereocenters. The van der Waals surface area contributed by atoms with Crippen LogP contribution in [0.15, 0.2) is 18.2 Å². The van der Waals surface area contributed by atoms with Gasteiger partial charge in [-0.2, -0.15) is 0 Å². The lowest BCUT2D eigenvalue weighted by atomic mass is 9.83. The summed E-state index contributed by atoms with van der Waals surface area (Å²) in [6, 6.07) is 5.55. The molecule has 0 aromatic heterocycles. The number of benzene rings is 1. The molecule has 0 unspecified atom stereocenters. The molecule has 1 heterocycles. The number of anilines is 1. The summed E-state index contributed by atoms with van der Waals surface area (Å²) in [6.45, 7) is 3.54. The van der Waals surface area contributed by atoms with E-state index in [1.165, 1.54) is 0 Å². The van der Waals surface area contributed by atoms with Gasteiger partial charge in [-0.3, -0.25) is 9.59 Å². The number of amides is 2. The van der Waals surface area contributed by atoms with E-state index in [9.17, 15) is 9.59 Å². The molecule has 3 rings (SSSR count). The Hall–Kier alpha value is -1.88. The highest BCUT2D eigenvalue weighted by Gasteiger charge is 2.39. The summed E-state index contributed by atoms with van der Waals surface area (Å²) < 4.78 is 5.62. The van der Waals surface area contributed by atoms with E-state index in [1.807, 2.05) is 30.0 Å². The minimum absolute atomic E-state index is 0.0604. The Morgan fingerprint density at radius 2 is 1.76 bits per heavy atom. The quantitative estimate of drug-likeness (QED) is 0.909. The van der Waals surface area contributed by atoms with Crippen LogP contribution in [-0.2, 0) is 9.53 Å². The third-order valence-corrected chi connectivity index (χ3v) is 5.67. The van der Waals surface area contributed by atoms with Crippen LogP contribution < -0.4 is 5.32 Å². The number of carbonyl (C=O) groups excluding carboxylic acids is 2. The van der Waals surface area contributed by atoms with Gasteiger partial charge in [0.15, 0.2) is 0 Å². The molecule has 2 amide bonds. The number of nitrogens with one attached hydrogen (secondary N) is 1. The van der Waals surface area contributed by atoms with E-state index < -0.39 is 5.60 Å². The highest BCUT2D eigenvalue weighted by atomic mass is 16.5. The van der Waals surface area contributed by atoms with Crippen LogP contribution in [0.1, 0.15) is 60.9 Å². The molecule has 2 fully saturated rings. The molecule has 0 radical (unpaired) electrons. The van der Waals surface area contributed by atoms with Crippen LogP contribution in [0.2, 0.25) is 0 Å². The molecule has 2 aliphatic rings. The summed E-state index contributed by atoms with van der Waals surface area (Å²) in [5.41, 5.74) is 1.47. The largest absolute Gasteiger partial charge is 0.368 e. The van der Waals surface area contributed by atoms with Gasteiger partial charge in [0.2, 0.25) is 0 Å². The van der Waals surface area contributed by atoms with E-state index in [-0.39, 0.29) is 11.8 Å². The number of hydrogen-bond acceptors (Lipinski definition) is 3. The summed E-state index contributed by atoms with van der Waals surface area (Å²) in [6.07, 6.45) is 6.80. The number of rotatable bonds is 4. The standard InChI is InChI=1S/C20H28N2O3/c1-15-16(18(23)22-13-6-7-14-22)9-8-10-17(15)21-19(24)20(25-2)11-4-3-5-12-20/h8-10H,3-7,11-14H2,1-2H3,(H,21,24). The Bertz CT molecular complexity index is 644. The maximum atomic E-state index is 12.9. The Kier molecular flexibility index (Phi) is 5.42. The van der Waals surface area contributed by atoms with E-state index in [2.05, 4.69) is 5.32 Å². The molecule has 1 saturated heterocycles. The summed E-state index contributed by atoms with van der Waals surface area (Å²) in [4.78, 5) is 27.5. The summed E-state index contributed by atoms with van der Waals surface area (Å²) in [7, 11) is 1.62. The number of carbonyl (C=O) groups is 2. The fourth-order valence-electron chi connectivity index (χ4n) is 3.98. The fraction of sp³-hybridized carbons (Fsp3) is 0.600. The summed E-state index contributed by atoms with van der Waals surface area (Å²) in [5.74, 6) is -0.0335. The first-order chi connectivity index (χ1) is 12.1. The number of nitrogens with zero attached hydrogens (tertiary/aromatic N) is 1. The zero-order valence-electron chi connectivity index (χ0n) is 15.3. The van der Waals surface area contributed by atoms with Crippen molar-refractivity contribution in [1.29, 1.82) is 0 Å². The zero-order valence-corrected chi connectivity index (χ0v) is 15.3. The van der Waals surface area contributed by atoms with E-state index in [0.717, 1.165) is 63.6 Å². The van der Waals surface area contributed by atoms with Crippen LogP contribution in [0.3, 0.4) is 0 Å². The van der Waals surface area contributed by atoms with E-state index in [4.69, 9.17) is 4.74 Å². The van der Waals surface area contributed by atoms with Crippen molar-refractivity contribution in [3.05, 3.63) is 29.3 Å². The van der Waals surface area contributed by atoms with Crippen LogP contribution in [0, 0.1) is 6.92 Å². The maximum absolute atomic E-state index is 12.9. The van der Waals surface area contributed by atoms with Crippen molar-refractivity contribution in [3.63, 3.8) is 0 Å². The SMILES string of the molecule is COC1(C(=O)Nc2cccc(C(=O)N3CCCC3)c2C)CCCCC1. The predicted molar refractivity (Wildman–Crippen MR) is 97.8 cm³/mol. The van der Waals surface area contributed by atoms with E-state index >= 15 is 0 Å². The van der Waals surface area contributed by atoms with Gasteiger partial charge in [-0.25, -0.2) is 0 Å². The number of hydrogen-bond donors (Lipinski definition) is 1. The Morgan fingerprint density at radius 3 is 2.40 bits per heavy atom. The topological polar surface area (TPSA) is 58.6 Å². The van der Waals surface area contributed by atoms with Crippen molar-refractivity contribution in [2.75, 3.05) is 25.5 Å². The molecule has 0 spiro atoms. The van der Waals surface area contributed by atoms with Crippen molar-refractivity contribution in [2.45, 2.75) is 57.5 Å². The van der Waals surface area contributed by atoms with Crippen molar-refractivity contribution in [3.8, 4) is 0 Å². The van der Waals surface area contributed by atoms with Crippen LogP contribution in [0.4, 0.5) is 5.69 Å². The molecule has 136 valence electrons. The first kappa shape index (κ1) is 17.9. The second-order valence-electron chi connectivity index (χ2n) is 7.19. The van der Waals surface area contributed by atoms with Gasteiger partial charge in [-0.1, -0.05) is 25.3 Å². The van der Waals surface area contributed by atoms with Crippen molar-refractivity contribution in [1.82, 2.24) is 4.90 Å². The zero-order chi connectivity index (χ0) is 17.9. The average molecular weight is 344 g/mol. The van der Waals surface area contributed by atoms with Gasteiger partial charge in [0.05, 0.1) is 0 Å². The van der Waals surface area contributed by atoms with E-state index in [0.29, 0.717) is 11.3 Å². The van der Waals surface area contributed by atoms with Gasteiger partial charge in [0.1, 0.15) is 5.60 Å². The average Bonchev–Trinajstić information content (AvgIpc) is 3.18. The van der Waals surface area contributed by atoms with Crippen molar-refractivity contribution in [2.24, 2.45) is 0 Å². The van der Waals surface area contributed by atoms with Crippen LogP contribution >= 0.6 is 0 Å². The Balaban J connectivity index is 1.79. The highest BCUT2D eigenvalue weighted by molar-refractivity contribution is 6.01. The second kappa shape index (κ2) is 7.56. The monoisotopic (exact) mass is 344 g/mol. The number of ether oxygens (including phenoxy) is 1. The van der Waals surface area contributed by atoms with Gasteiger partial charge < -0.3 is 15.0 Å². The first-order valence-corrected chi connectivity index (χ1v) is 9.33. The lowest BCUT2D eigenvalue weighted by Gasteiger charge is -2.34. The maximum Gasteiger partial charge on any atom is 0.256 e. The van der Waals surface area contributed by atoms with Crippen molar-refractivity contribution < 1.29 is 14.3 Å². The molecular formula is C20H28N2O3. The molecule has 25 heavy (non-hydrogen) atoms. The Morgan fingerprint density at radius 1 is 1.08 bits per heavy atom. The van der Waals surface area contributed by atoms with Gasteiger partial charge in [-0.15, -0.1) is 0 Å². The fourth-order valence-corrected chi connectivity index (χ4v) is 3.98. The van der Waals surface area contributed by atoms with Crippen LogP contribution in [0.5, 0.6) is 0 Å². The van der Waals surface area contributed by atoms with Crippen LogP contribution in [-0.4, -0.2) is 42.5 Å². The molecule has 1 aliphatic carbocycles. The third-order valence-electron chi connectivity index (χ3n) is 5.67. The van der Waals surface area contributed by atoms with E-state index in [1.54, 1.807) is 7.11 Å². The smallest absolute Gasteiger partial charge is 0.256 e. The molecule has 1 aromatic rings. The van der Waals surface area contributed by atoms with Crippen molar-refractivity contribution >= 4 is 17.5 Å². The van der Waals surface area contributed by atoms with Gasteiger partial charge >= 0.3 is 0 Å². The molecular weight excluding hydrogens is 316 g/mol. The lowest BCUT2D eigenvalue weighted by Crippen LogP contribution is -2.46. The predicted octanol–water partition coefficient (Wildman–Crippen LogP) is 3.52. The molecule has 1 N–H and O–H groups in total. The third kappa shape index (κ3) is 3.56. The molecule has 1 aliphatic heterocycles. The molecule has 1 saturated carbocycles. The summed E-state index contributed by atoms with van der Waals surface area (Å²) >= 11 is 0. The Labute approximate surface area is 149 Å². The number of methoxy groups -OCH3 is 1. The minimum atomic E-state index is -0.736. The first-order valence-electron chi connectivity index (χ1n) is 9.33. The van der Waals surface area contributed by atoms with Gasteiger partial charge in [0.25, 0.3) is 11.8 Å². The molecule has 1 aromatic carbocycles. The lowest BCUT2D eigenvalue weighted by molar-refractivity contribution is -0.141. The molecule has 5 nitrogen and oxygen atoms in total. The molecule has 0 bridgehead atoms. The minimum Gasteiger partial charge on any atom is -0.368 e. The van der Waals surface area contributed by atoms with Gasteiger partial charge in [0, 0.05) is 31.5 Å². The van der Waals surface area contributed by atoms with Gasteiger partial charge in [-0.05, 0) is 50.3 Å². The number of likely N-dealkylation sites (tertiary alicyclic amines) is 1. The second-order valence-corrected chi connectivity index (χ2v) is 7.19. The normalized spacial score (nSPS) is 19.7. The van der Waals surface area contributed by atoms with Crippen LogP contribution in [0.25, 0.3) is 0 Å².